The minimum Gasteiger partial charge on any atom is -0.303 e. The van der Waals surface area contributed by atoms with Gasteiger partial charge in [0.15, 0.2) is 0 Å². The van der Waals surface area contributed by atoms with Crippen molar-refractivity contribution in [3.05, 3.63) is 29.8 Å². The number of carbonyl (C=O) groups is 3. The van der Waals surface area contributed by atoms with Gasteiger partial charge >= 0.3 is 0 Å². The highest BCUT2D eigenvalue weighted by atomic mass is 16.2. The second kappa shape index (κ2) is 5.19. The molecule has 1 unspecified atom stereocenters. The van der Waals surface area contributed by atoms with Gasteiger partial charge in [0, 0.05) is 11.8 Å². The topological polar surface area (TPSA) is 54.5 Å². The molecule has 1 heterocycles. The summed E-state index contributed by atoms with van der Waals surface area (Å²) in [5.74, 6) is -1.06. The van der Waals surface area contributed by atoms with Crippen molar-refractivity contribution in [2.75, 3.05) is 4.90 Å². The Hall–Kier alpha value is -1.97. The van der Waals surface area contributed by atoms with E-state index in [0.717, 1.165) is 11.8 Å². The maximum atomic E-state index is 12.5. The van der Waals surface area contributed by atoms with E-state index in [1.807, 2.05) is 26.0 Å². The van der Waals surface area contributed by atoms with Gasteiger partial charge in [-0.05, 0) is 25.5 Å². The minimum atomic E-state index is -0.772. The Balaban J connectivity index is 2.34. The summed E-state index contributed by atoms with van der Waals surface area (Å²) in [6, 6.07) is 7.25. The first-order valence-electron chi connectivity index (χ1n) is 6.82. The smallest absolute Gasteiger partial charge is 0.238 e. The van der Waals surface area contributed by atoms with Crippen LogP contribution in [0.5, 0.6) is 0 Å². The molecular formula is C16H19NO3. The Bertz CT molecular complexity index is 549. The summed E-state index contributed by atoms with van der Waals surface area (Å²) in [6.07, 6.45) is 1.46. The van der Waals surface area contributed by atoms with Crippen molar-refractivity contribution in [2.24, 2.45) is 11.3 Å². The summed E-state index contributed by atoms with van der Waals surface area (Å²) in [6.45, 7) is 5.55. The molecule has 0 aromatic heterocycles. The lowest BCUT2D eigenvalue weighted by Gasteiger charge is -2.26. The lowest BCUT2D eigenvalue weighted by molar-refractivity contribution is -0.130. The zero-order valence-corrected chi connectivity index (χ0v) is 12.1. The summed E-state index contributed by atoms with van der Waals surface area (Å²) in [5.41, 5.74) is 0.875. The minimum absolute atomic E-state index is 0.107. The molecule has 0 saturated carbocycles. The van der Waals surface area contributed by atoms with Gasteiger partial charge in [0.1, 0.15) is 6.29 Å². The number of benzene rings is 1. The first-order valence-corrected chi connectivity index (χ1v) is 6.82. The summed E-state index contributed by atoms with van der Waals surface area (Å²) >= 11 is 0. The largest absolute Gasteiger partial charge is 0.303 e. The van der Waals surface area contributed by atoms with Crippen LogP contribution >= 0.6 is 0 Å². The summed E-state index contributed by atoms with van der Waals surface area (Å²) in [7, 11) is 0. The molecule has 1 aromatic rings. The number of carbonyl (C=O) groups excluding carboxylic acids is 3. The molecule has 2 amide bonds. The second-order valence-electron chi connectivity index (χ2n) is 5.64. The molecule has 2 rings (SSSR count). The zero-order chi connectivity index (χ0) is 14.9. The normalized spacial score (nSPS) is 21.9. The van der Waals surface area contributed by atoms with E-state index in [9.17, 15) is 14.4 Å². The highest BCUT2D eigenvalue weighted by Crippen LogP contribution is 2.39. The average Bonchev–Trinajstić information content (AvgIpc) is 2.75. The van der Waals surface area contributed by atoms with Crippen molar-refractivity contribution in [3.8, 4) is 0 Å². The molecule has 106 valence electrons. The van der Waals surface area contributed by atoms with E-state index < -0.39 is 11.3 Å². The van der Waals surface area contributed by atoms with Gasteiger partial charge in [-0.3, -0.25) is 14.5 Å². The van der Waals surface area contributed by atoms with E-state index in [1.165, 1.54) is 4.90 Å². The summed E-state index contributed by atoms with van der Waals surface area (Å²) in [4.78, 5) is 37.2. The Morgan fingerprint density at radius 2 is 1.90 bits per heavy atom. The number of hydrogen-bond donors (Lipinski definition) is 0. The Kier molecular flexibility index (Phi) is 3.75. The predicted octanol–water partition coefficient (Wildman–Crippen LogP) is 2.49. The van der Waals surface area contributed by atoms with Gasteiger partial charge in [-0.1, -0.05) is 31.5 Å². The number of rotatable bonds is 4. The van der Waals surface area contributed by atoms with Crippen LogP contribution in [-0.4, -0.2) is 18.1 Å². The first kappa shape index (κ1) is 14.4. The second-order valence-corrected chi connectivity index (χ2v) is 5.64. The number of anilines is 1. The molecule has 1 saturated heterocycles. The van der Waals surface area contributed by atoms with Crippen LogP contribution in [0.4, 0.5) is 5.69 Å². The number of nitrogens with zero attached hydrogens (tertiary/aromatic N) is 1. The molecule has 0 N–H and O–H groups in total. The van der Waals surface area contributed by atoms with Crippen LogP contribution in [0.2, 0.25) is 0 Å². The molecule has 1 aliphatic heterocycles. The van der Waals surface area contributed by atoms with Crippen LogP contribution < -0.4 is 4.90 Å². The fourth-order valence-electron chi connectivity index (χ4n) is 2.52. The van der Waals surface area contributed by atoms with Crippen LogP contribution in [0.25, 0.3) is 0 Å². The van der Waals surface area contributed by atoms with Gasteiger partial charge in [-0.2, -0.15) is 0 Å². The van der Waals surface area contributed by atoms with Gasteiger partial charge in [0.2, 0.25) is 11.8 Å². The number of aldehydes is 1. The van der Waals surface area contributed by atoms with Crippen LogP contribution in [0.15, 0.2) is 24.3 Å². The maximum absolute atomic E-state index is 12.5. The number of imide groups is 1. The van der Waals surface area contributed by atoms with E-state index in [1.54, 1.807) is 19.1 Å². The van der Waals surface area contributed by atoms with Crippen molar-refractivity contribution < 1.29 is 14.4 Å². The van der Waals surface area contributed by atoms with Crippen LogP contribution in [0, 0.1) is 18.3 Å². The molecule has 0 spiro atoms. The van der Waals surface area contributed by atoms with Gasteiger partial charge in [0.25, 0.3) is 0 Å². The third kappa shape index (κ3) is 2.26. The van der Waals surface area contributed by atoms with Crippen molar-refractivity contribution in [2.45, 2.75) is 33.6 Å². The van der Waals surface area contributed by atoms with Crippen molar-refractivity contribution >= 4 is 23.8 Å². The summed E-state index contributed by atoms with van der Waals surface area (Å²) in [5, 5.41) is 0. The van der Waals surface area contributed by atoms with Crippen molar-refractivity contribution in [3.63, 3.8) is 0 Å². The molecule has 4 nitrogen and oxygen atoms in total. The maximum Gasteiger partial charge on any atom is 0.238 e. The molecule has 0 radical (unpaired) electrons. The Morgan fingerprint density at radius 1 is 1.30 bits per heavy atom. The average molecular weight is 273 g/mol. The fourth-order valence-corrected chi connectivity index (χ4v) is 2.52. The van der Waals surface area contributed by atoms with Gasteiger partial charge < -0.3 is 4.79 Å². The summed E-state index contributed by atoms with van der Waals surface area (Å²) < 4.78 is 0. The van der Waals surface area contributed by atoms with Crippen LogP contribution in [-0.2, 0) is 14.4 Å². The molecule has 20 heavy (non-hydrogen) atoms. The number of aryl methyl sites for hydroxylation is 1. The fraction of sp³-hybridized carbons (Fsp3) is 0.438. The molecule has 0 aliphatic carbocycles. The highest BCUT2D eigenvalue weighted by Gasteiger charge is 2.48. The molecule has 1 aliphatic rings. The van der Waals surface area contributed by atoms with Gasteiger partial charge in [-0.25, -0.2) is 0 Å². The quantitative estimate of drug-likeness (QED) is 0.625. The van der Waals surface area contributed by atoms with Gasteiger partial charge in [-0.15, -0.1) is 0 Å². The van der Waals surface area contributed by atoms with E-state index >= 15 is 0 Å². The molecular weight excluding hydrogens is 254 g/mol. The molecule has 1 fully saturated rings. The standard InChI is InChI=1S/C16H19NO3/c1-4-16(3,10-18)13-9-14(19)17(15(13)20)12-7-5-11(2)6-8-12/h5-8,10,13H,4,9H2,1-3H3/t13-,16?/m0/s1. The molecule has 1 aromatic carbocycles. The first-order chi connectivity index (χ1) is 9.42. The van der Waals surface area contributed by atoms with Gasteiger partial charge in [0.05, 0.1) is 11.6 Å². The Morgan fingerprint density at radius 3 is 2.40 bits per heavy atom. The van der Waals surface area contributed by atoms with E-state index in [4.69, 9.17) is 0 Å². The van der Waals surface area contributed by atoms with Crippen molar-refractivity contribution in [1.82, 2.24) is 0 Å². The lowest BCUT2D eigenvalue weighted by Crippen LogP contribution is -2.37. The number of hydrogen-bond acceptors (Lipinski definition) is 3. The van der Waals surface area contributed by atoms with E-state index in [0.29, 0.717) is 12.1 Å². The van der Waals surface area contributed by atoms with E-state index in [2.05, 4.69) is 0 Å². The monoisotopic (exact) mass is 273 g/mol. The lowest BCUT2D eigenvalue weighted by atomic mass is 9.75. The molecule has 0 bridgehead atoms. The molecule has 2 atom stereocenters. The molecule has 4 heteroatoms. The highest BCUT2D eigenvalue weighted by molar-refractivity contribution is 6.21. The van der Waals surface area contributed by atoms with Crippen LogP contribution in [0.1, 0.15) is 32.3 Å². The van der Waals surface area contributed by atoms with E-state index in [-0.39, 0.29) is 18.2 Å². The third-order valence-electron chi connectivity index (χ3n) is 4.27. The SMILES string of the molecule is CCC(C)(C=O)[C@H]1CC(=O)N(c2ccc(C)cc2)C1=O. The number of amides is 2. The predicted molar refractivity (Wildman–Crippen MR) is 76.2 cm³/mol. The third-order valence-corrected chi connectivity index (χ3v) is 4.27. The zero-order valence-electron chi connectivity index (χ0n) is 12.1. The van der Waals surface area contributed by atoms with Crippen LogP contribution in [0.3, 0.4) is 0 Å². The van der Waals surface area contributed by atoms with Crippen molar-refractivity contribution in [1.29, 1.82) is 0 Å². The Labute approximate surface area is 118 Å².